The summed E-state index contributed by atoms with van der Waals surface area (Å²) >= 11 is 5.76. The topological polar surface area (TPSA) is 42.0 Å². The number of nitrogens with one attached hydrogen (secondary N) is 1. The van der Waals surface area contributed by atoms with Crippen molar-refractivity contribution in [3.8, 4) is 0 Å². The fourth-order valence-corrected chi connectivity index (χ4v) is 1.38. The van der Waals surface area contributed by atoms with Crippen LogP contribution in [0.5, 0.6) is 0 Å². The van der Waals surface area contributed by atoms with E-state index in [2.05, 4.69) is 10.3 Å². The first kappa shape index (κ1) is 12.9. The number of carbonyl (C=O) groups excluding carboxylic acids is 1. The van der Waals surface area contributed by atoms with Gasteiger partial charge >= 0.3 is 0 Å². The highest BCUT2D eigenvalue weighted by molar-refractivity contribution is 6.20. The molecule has 1 rings (SSSR count). The van der Waals surface area contributed by atoms with E-state index < -0.39 is 5.82 Å². The number of hydrogen-bond acceptors (Lipinski definition) is 2. The van der Waals surface area contributed by atoms with Gasteiger partial charge in [0.2, 0.25) is 0 Å². The lowest BCUT2D eigenvalue weighted by Gasteiger charge is -2.05. The summed E-state index contributed by atoms with van der Waals surface area (Å²) in [5.41, 5.74) is 0.235. The van der Waals surface area contributed by atoms with Gasteiger partial charge in [0.1, 0.15) is 5.82 Å². The molecule has 0 fully saturated rings. The molecule has 16 heavy (non-hydrogen) atoms. The Morgan fingerprint density at radius 1 is 1.62 bits per heavy atom. The minimum Gasteiger partial charge on any atom is -0.352 e. The molecule has 0 saturated heterocycles. The van der Waals surface area contributed by atoms with E-state index in [0.717, 1.165) is 25.1 Å². The molecule has 1 amide bonds. The normalized spacial score (nSPS) is 12.2. The standard InChI is InChI=1S/C11H14ClFN2O/c1-8(12)3-2-4-15-11(16)9-5-10(13)7-14-6-9/h5-8H,2-4H2,1H3,(H,15,16). The summed E-state index contributed by atoms with van der Waals surface area (Å²) in [7, 11) is 0. The highest BCUT2D eigenvalue weighted by atomic mass is 35.5. The van der Waals surface area contributed by atoms with Gasteiger partial charge in [0, 0.05) is 18.1 Å². The van der Waals surface area contributed by atoms with Crippen LogP contribution in [-0.4, -0.2) is 22.8 Å². The Hall–Kier alpha value is -1.16. The Bertz CT molecular complexity index is 358. The summed E-state index contributed by atoms with van der Waals surface area (Å²) < 4.78 is 12.8. The molecule has 0 aliphatic heterocycles. The van der Waals surface area contributed by atoms with Crippen molar-refractivity contribution < 1.29 is 9.18 Å². The lowest BCUT2D eigenvalue weighted by Crippen LogP contribution is -2.25. The Morgan fingerprint density at radius 3 is 3.00 bits per heavy atom. The van der Waals surface area contributed by atoms with Gasteiger partial charge in [-0.25, -0.2) is 4.39 Å². The summed E-state index contributed by atoms with van der Waals surface area (Å²) in [6, 6.07) is 1.16. The minimum absolute atomic E-state index is 0.104. The highest BCUT2D eigenvalue weighted by Crippen LogP contribution is 2.03. The van der Waals surface area contributed by atoms with E-state index in [0.29, 0.717) is 6.54 Å². The molecule has 1 atom stereocenters. The summed E-state index contributed by atoms with van der Waals surface area (Å²) in [5, 5.41) is 2.78. The van der Waals surface area contributed by atoms with Crippen LogP contribution in [0, 0.1) is 5.82 Å². The molecule has 1 aromatic heterocycles. The number of hydrogen-bond donors (Lipinski definition) is 1. The third kappa shape index (κ3) is 4.57. The first-order valence-corrected chi connectivity index (χ1v) is 5.56. The molecule has 0 bridgehead atoms. The molecule has 1 N–H and O–H groups in total. The van der Waals surface area contributed by atoms with Crippen LogP contribution in [0.15, 0.2) is 18.5 Å². The predicted octanol–water partition coefficient (Wildman–Crippen LogP) is 2.36. The van der Waals surface area contributed by atoms with Crippen LogP contribution >= 0.6 is 11.6 Å². The molecule has 0 saturated carbocycles. The average Bonchev–Trinajstić information content (AvgIpc) is 2.24. The molecule has 1 aromatic rings. The fraction of sp³-hybridized carbons (Fsp3) is 0.455. The molecular formula is C11H14ClFN2O. The number of carbonyl (C=O) groups is 1. The molecule has 0 radical (unpaired) electrons. The third-order valence-electron chi connectivity index (χ3n) is 2.03. The minimum atomic E-state index is -0.512. The summed E-state index contributed by atoms with van der Waals surface area (Å²) in [6.07, 6.45) is 4.04. The van der Waals surface area contributed by atoms with E-state index in [1.165, 1.54) is 6.20 Å². The maximum atomic E-state index is 12.8. The molecule has 0 aliphatic rings. The van der Waals surface area contributed by atoms with E-state index in [-0.39, 0.29) is 16.8 Å². The summed E-state index contributed by atoms with van der Waals surface area (Å²) in [4.78, 5) is 15.1. The zero-order valence-electron chi connectivity index (χ0n) is 9.04. The lowest BCUT2D eigenvalue weighted by atomic mass is 10.2. The van der Waals surface area contributed by atoms with Crippen LogP contribution in [0.2, 0.25) is 0 Å². The largest absolute Gasteiger partial charge is 0.352 e. The fourth-order valence-electron chi connectivity index (χ4n) is 1.22. The van der Waals surface area contributed by atoms with Crippen molar-refractivity contribution in [2.24, 2.45) is 0 Å². The quantitative estimate of drug-likeness (QED) is 0.638. The van der Waals surface area contributed by atoms with Gasteiger partial charge in [-0.3, -0.25) is 9.78 Å². The Balaban J connectivity index is 2.35. The second kappa shape index (κ2) is 6.43. The molecule has 1 heterocycles. The van der Waals surface area contributed by atoms with Crippen molar-refractivity contribution in [2.75, 3.05) is 6.54 Å². The van der Waals surface area contributed by atoms with Gasteiger partial charge in [-0.05, 0) is 25.8 Å². The van der Waals surface area contributed by atoms with Crippen LogP contribution < -0.4 is 5.32 Å². The first-order valence-electron chi connectivity index (χ1n) is 5.12. The van der Waals surface area contributed by atoms with Gasteiger partial charge in [-0.2, -0.15) is 0 Å². The summed E-state index contributed by atoms with van der Waals surface area (Å²) in [6.45, 7) is 2.44. The predicted molar refractivity (Wildman–Crippen MR) is 61.1 cm³/mol. The molecule has 0 aliphatic carbocycles. The highest BCUT2D eigenvalue weighted by Gasteiger charge is 2.06. The number of alkyl halides is 1. The second-order valence-corrected chi connectivity index (χ2v) is 4.32. The Morgan fingerprint density at radius 2 is 2.38 bits per heavy atom. The molecule has 0 spiro atoms. The molecule has 5 heteroatoms. The third-order valence-corrected chi connectivity index (χ3v) is 2.25. The number of aromatic nitrogens is 1. The number of amides is 1. The number of pyridine rings is 1. The SMILES string of the molecule is CC(Cl)CCCNC(=O)c1cncc(F)c1. The van der Waals surface area contributed by atoms with Crippen LogP contribution in [0.1, 0.15) is 30.1 Å². The van der Waals surface area contributed by atoms with Gasteiger partial charge in [0.15, 0.2) is 0 Å². The van der Waals surface area contributed by atoms with Gasteiger partial charge in [0.25, 0.3) is 5.91 Å². The van der Waals surface area contributed by atoms with Crippen LogP contribution in [-0.2, 0) is 0 Å². The van der Waals surface area contributed by atoms with Crippen molar-refractivity contribution in [3.05, 3.63) is 29.8 Å². The van der Waals surface area contributed by atoms with E-state index >= 15 is 0 Å². The van der Waals surface area contributed by atoms with Gasteiger partial charge in [-0.1, -0.05) is 0 Å². The van der Waals surface area contributed by atoms with E-state index in [9.17, 15) is 9.18 Å². The van der Waals surface area contributed by atoms with Gasteiger partial charge < -0.3 is 5.32 Å². The van der Waals surface area contributed by atoms with Crippen LogP contribution in [0.3, 0.4) is 0 Å². The molecule has 0 aromatic carbocycles. The zero-order chi connectivity index (χ0) is 12.0. The first-order chi connectivity index (χ1) is 7.59. The number of halogens is 2. The average molecular weight is 245 g/mol. The van der Waals surface area contributed by atoms with Crippen molar-refractivity contribution in [2.45, 2.75) is 25.1 Å². The van der Waals surface area contributed by atoms with Crippen LogP contribution in [0.4, 0.5) is 4.39 Å². The van der Waals surface area contributed by atoms with Crippen molar-refractivity contribution in [3.63, 3.8) is 0 Å². The smallest absolute Gasteiger partial charge is 0.252 e. The number of nitrogens with zero attached hydrogens (tertiary/aromatic N) is 1. The maximum Gasteiger partial charge on any atom is 0.252 e. The van der Waals surface area contributed by atoms with E-state index in [1.54, 1.807) is 0 Å². The molecular weight excluding hydrogens is 231 g/mol. The maximum absolute atomic E-state index is 12.8. The Kier molecular flexibility index (Phi) is 5.19. The van der Waals surface area contributed by atoms with Crippen molar-refractivity contribution >= 4 is 17.5 Å². The van der Waals surface area contributed by atoms with Crippen molar-refractivity contribution in [1.82, 2.24) is 10.3 Å². The van der Waals surface area contributed by atoms with Gasteiger partial charge in [0.05, 0.1) is 11.8 Å². The van der Waals surface area contributed by atoms with Crippen molar-refractivity contribution in [1.29, 1.82) is 0 Å². The monoisotopic (exact) mass is 244 g/mol. The molecule has 3 nitrogen and oxygen atoms in total. The second-order valence-electron chi connectivity index (χ2n) is 3.57. The Labute approximate surface area is 99.0 Å². The molecule has 88 valence electrons. The van der Waals surface area contributed by atoms with E-state index in [1.807, 2.05) is 6.92 Å². The zero-order valence-corrected chi connectivity index (χ0v) is 9.80. The van der Waals surface area contributed by atoms with Crippen LogP contribution in [0.25, 0.3) is 0 Å². The lowest BCUT2D eigenvalue weighted by molar-refractivity contribution is 0.0952. The summed E-state index contributed by atoms with van der Waals surface area (Å²) in [5.74, 6) is -0.823. The van der Waals surface area contributed by atoms with E-state index in [4.69, 9.17) is 11.6 Å². The molecule has 1 unspecified atom stereocenters. The van der Waals surface area contributed by atoms with Gasteiger partial charge in [-0.15, -0.1) is 11.6 Å². The number of rotatable bonds is 5.